The van der Waals surface area contributed by atoms with Crippen LogP contribution in [0, 0.1) is 0 Å². The monoisotopic (exact) mass is 290 g/mol. The molecule has 6 heteroatoms. The Labute approximate surface area is 120 Å². The minimum absolute atomic E-state index is 0.565. The number of fused-ring (bicyclic) bond motifs is 1. The third kappa shape index (κ3) is 3.04. The lowest BCUT2D eigenvalue weighted by atomic mass is 9.89. The Morgan fingerprint density at radius 3 is 1.95 bits per heavy atom. The normalized spacial score (nSPS) is 14.0. The first-order chi connectivity index (χ1) is 10.0. The first kappa shape index (κ1) is 13.6. The molecule has 3 rings (SSSR count). The van der Waals surface area contributed by atoms with Gasteiger partial charge in [-0.15, -0.1) is 0 Å². The van der Waals surface area contributed by atoms with Crippen molar-refractivity contribution >= 4 is 13.2 Å². The van der Waals surface area contributed by atoms with Crippen LogP contribution in [0.5, 0.6) is 11.5 Å². The standard InChI is InChI=1S/C15H10BF3O2/c17-15(18,19)12-7-5-11(6-8-12)9-10-16-20-13-3-1-2-4-14(13)21-16/h1-10H/b10-9+. The van der Waals surface area contributed by atoms with E-state index in [1.165, 1.54) is 12.1 Å². The van der Waals surface area contributed by atoms with Crippen molar-refractivity contribution in [2.45, 2.75) is 6.18 Å². The minimum Gasteiger partial charge on any atom is -0.520 e. The Morgan fingerprint density at radius 1 is 0.857 bits per heavy atom. The highest BCUT2D eigenvalue weighted by atomic mass is 19.4. The van der Waals surface area contributed by atoms with Crippen molar-refractivity contribution in [3.63, 3.8) is 0 Å². The molecule has 0 aromatic heterocycles. The first-order valence-corrected chi connectivity index (χ1v) is 6.30. The number of rotatable bonds is 2. The van der Waals surface area contributed by atoms with Crippen LogP contribution in [0.25, 0.3) is 6.08 Å². The SMILES string of the molecule is FC(F)(F)c1ccc(/C=C/B2Oc3ccccc3O2)cc1. The van der Waals surface area contributed by atoms with E-state index in [4.69, 9.17) is 9.31 Å². The molecule has 0 bridgehead atoms. The Hall–Kier alpha value is -2.37. The molecule has 1 aliphatic rings. The van der Waals surface area contributed by atoms with Crippen molar-refractivity contribution in [2.24, 2.45) is 0 Å². The highest BCUT2D eigenvalue weighted by Gasteiger charge is 2.30. The van der Waals surface area contributed by atoms with E-state index in [-0.39, 0.29) is 0 Å². The van der Waals surface area contributed by atoms with Crippen molar-refractivity contribution < 1.29 is 22.5 Å². The first-order valence-electron chi connectivity index (χ1n) is 6.30. The largest absolute Gasteiger partial charge is 0.625 e. The minimum atomic E-state index is -4.32. The van der Waals surface area contributed by atoms with Crippen molar-refractivity contribution in [3.8, 4) is 11.5 Å². The van der Waals surface area contributed by atoms with Crippen LogP contribution >= 0.6 is 0 Å². The molecule has 0 amide bonds. The third-order valence-electron chi connectivity index (χ3n) is 3.02. The summed E-state index contributed by atoms with van der Waals surface area (Å²) in [4.78, 5) is 0. The summed E-state index contributed by atoms with van der Waals surface area (Å²) in [6, 6.07) is 12.2. The summed E-state index contributed by atoms with van der Waals surface area (Å²) in [5, 5.41) is 0. The lowest BCUT2D eigenvalue weighted by Gasteiger charge is -2.06. The molecule has 0 saturated heterocycles. The van der Waals surface area contributed by atoms with Gasteiger partial charge in [0.2, 0.25) is 0 Å². The lowest BCUT2D eigenvalue weighted by Crippen LogP contribution is -2.21. The number of para-hydroxylation sites is 2. The number of benzene rings is 2. The second kappa shape index (κ2) is 5.20. The van der Waals surface area contributed by atoms with Gasteiger partial charge in [-0.3, -0.25) is 0 Å². The zero-order chi connectivity index (χ0) is 14.9. The van der Waals surface area contributed by atoms with Gasteiger partial charge in [0.15, 0.2) is 0 Å². The molecule has 1 aliphatic heterocycles. The smallest absolute Gasteiger partial charge is 0.520 e. The van der Waals surface area contributed by atoms with Gasteiger partial charge < -0.3 is 9.31 Å². The van der Waals surface area contributed by atoms with E-state index in [9.17, 15) is 13.2 Å². The van der Waals surface area contributed by atoms with E-state index in [1.54, 1.807) is 24.2 Å². The molecule has 0 N–H and O–H groups in total. The maximum Gasteiger partial charge on any atom is 0.625 e. The average Bonchev–Trinajstić information content (AvgIpc) is 2.87. The molecule has 0 radical (unpaired) electrons. The summed E-state index contributed by atoms with van der Waals surface area (Å²) in [5.74, 6) is 2.96. The topological polar surface area (TPSA) is 18.5 Å². The number of alkyl halides is 3. The van der Waals surface area contributed by atoms with E-state index in [0.717, 1.165) is 12.1 Å². The maximum atomic E-state index is 12.4. The second-order valence-electron chi connectivity index (χ2n) is 4.53. The number of hydrogen-bond donors (Lipinski definition) is 0. The Bertz CT molecular complexity index is 640. The van der Waals surface area contributed by atoms with Crippen LogP contribution in [-0.2, 0) is 6.18 Å². The van der Waals surface area contributed by atoms with Gasteiger partial charge in [-0.05, 0) is 35.8 Å². The molecule has 0 fully saturated rings. The lowest BCUT2D eigenvalue weighted by molar-refractivity contribution is -0.137. The highest BCUT2D eigenvalue weighted by Crippen LogP contribution is 2.33. The summed E-state index contributed by atoms with van der Waals surface area (Å²) in [7, 11) is -0.565. The summed E-state index contributed by atoms with van der Waals surface area (Å²) in [5.41, 5.74) is -0.0217. The molecule has 2 aromatic carbocycles. The fourth-order valence-corrected chi connectivity index (χ4v) is 1.97. The van der Waals surface area contributed by atoms with Crippen LogP contribution in [-0.4, -0.2) is 7.12 Å². The number of hydrogen-bond acceptors (Lipinski definition) is 2. The molecule has 1 heterocycles. The van der Waals surface area contributed by atoms with E-state index < -0.39 is 18.9 Å². The summed E-state index contributed by atoms with van der Waals surface area (Å²) in [6.07, 6.45) is -2.65. The molecule has 0 spiro atoms. The van der Waals surface area contributed by atoms with Gasteiger partial charge in [-0.25, -0.2) is 0 Å². The van der Waals surface area contributed by atoms with Gasteiger partial charge in [0.05, 0.1) is 5.56 Å². The molecule has 0 unspecified atom stereocenters. The molecule has 21 heavy (non-hydrogen) atoms. The van der Waals surface area contributed by atoms with Gasteiger partial charge >= 0.3 is 13.3 Å². The van der Waals surface area contributed by atoms with Gasteiger partial charge in [0.1, 0.15) is 11.5 Å². The van der Waals surface area contributed by atoms with Crippen LogP contribution < -0.4 is 9.31 Å². The summed E-state index contributed by atoms with van der Waals surface area (Å²) in [6.45, 7) is 0. The van der Waals surface area contributed by atoms with Crippen molar-refractivity contribution in [1.29, 1.82) is 0 Å². The summed E-state index contributed by atoms with van der Waals surface area (Å²) < 4.78 is 48.4. The molecule has 2 nitrogen and oxygen atoms in total. The van der Waals surface area contributed by atoms with Gasteiger partial charge in [-0.1, -0.05) is 30.3 Å². The quantitative estimate of drug-likeness (QED) is 0.771. The fraction of sp³-hybridized carbons (Fsp3) is 0.0667. The Kier molecular flexibility index (Phi) is 3.37. The van der Waals surface area contributed by atoms with Crippen LogP contribution in [0.1, 0.15) is 11.1 Å². The van der Waals surface area contributed by atoms with E-state index in [0.29, 0.717) is 17.1 Å². The fourth-order valence-electron chi connectivity index (χ4n) is 1.97. The van der Waals surface area contributed by atoms with Crippen LogP contribution in [0.4, 0.5) is 13.2 Å². The average molecular weight is 290 g/mol. The zero-order valence-corrected chi connectivity index (χ0v) is 10.8. The van der Waals surface area contributed by atoms with Gasteiger partial charge in [0, 0.05) is 0 Å². The second-order valence-corrected chi connectivity index (χ2v) is 4.53. The molecule has 0 aliphatic carbocycles. The van der Waals surface area contributed by atoms with Gasteiger partial charge in [0.25, 0.3) is 0 Å². The summed E-state index contributed by atoms with van der Waals surface area (Å²) >= 11 is 0. The van der Waals surface area contributed by atoms with E-state index in [1.807, 2.05) is 12.1 Å². The Balaban J connectivity index is 1.68. The van der Waals surface area contributed by atoms with Crippen molar-refractivity contribution in [2.75, 3.05) is 0 Å². The molecule has 2 aromatic rings. The zero-order valence-electron chi connectivity index (χ0n) is 10.8. The molecule has 0 saturated carbocycles. The van der Waals surface area contributed by atoms with Crippen molar-refractivity contribution in [1.82, 2.24) is 0 Å². The van der Waals surface area contributed by atoms with Crippen LogP contribution in [0.15, 0.2) is 54.5 Å². The predicted octanol–water partition coefficient (Wildman–Crippen LogP) is 4.22. The predicted molar refractivity (Wildman–Crippen MR) is 73.9 cm³/mol. The van der Waals surface area contributed by atoms with E-state index in [2.05, 4.69) is 0 Å². The van der Waals surface area contributed by atoms with Crippen LogP contribution in [0.2, 0.25) is 0 Å². The van der Waals surface area contributed by atoms with E-state index >= 15 is 0 Å². The number of halogens is 3. The van der Waals surface area contributed by atoms with Crippen molar-refractivity contribution in [3.05, 3.63) is 65.6 Å². The molecule has 0 atom stereocenters. The molecule has 106 valence electrons. The van der Waals surface area contributed by atoms with Gasteiger partial charge in [-0.2, -0.15) is 13.2 Å². The van der Waals surface area contributed by atoms with Crippen LogP contribution in [0.3, 0.4) is 0 Å². The highest BCUT2D eigenvalue weighted by molar-refractivity contribution is 6.54. The molecular formula is C15H10BF3O2. The Morgan fingerprint density at radius 2 is 1.43 bits per heavy atom. The third-order valence-corrected chi connectivity index (χ3v) is 3.02. The molecular weight excluding hydrogens is 280 g/mol. The maximum absolute atomic E-state index is 12.4.